The molecule has 0 aromatic carbocycles. The first kappa shape index (κ1) is 12.3. The molecule has 4 atom stereocenters. The summed E-state index contributed by atoms with van der Waals surface area (Å²) in [5.41, 5.74) is -1.30. The van der Waals surface area contributed by atoms with Gasteiger partial charge in [0.05, 0.1) is 11.9 Å². The third-order valence-electron chi connectivity index (χ3n) is 2.60. The van der Waals surface area contributed by atoms with E-state index in [1.165, 1.54) is 6.20 Å². The zero-order valence-corrected chi connectivity index (χ0v) is 9.43. The van der Waals surface area contributed by atoms with Gasteiger partial charge in [0.2, 0.25) is 0 Å². The van der Waals surface area contributed by atoms with Crippen molar-refractivity contribution in [3.8, 4) is 0 Å². The Balaban J connectivity index is 2.35. The third kappa shape index (κ3) is 2.15. The molecule has 1 aromatic rings. The van der Waals surface area contributed by atoms with E-state index in [9.17, 15) is 19.1 Å². The highest BCUT2D eigenvalue weighted by molar-refractivity contribution is 8.00. The summed E-state index contributed by atoms with van der Waals surface area (Å²) in [6.45, 7) is -0.374. The molecular weight excluding hydrogens is 251 g/mol. The van der Waals surface area contributed by atoms with Crippen LogP contribution in [0.1, 0.15) is 5.37 Å². The highest BCUT2D eigenvalue weighted by atomic mass is 32.2. The van der Waals surface area contributed by atoms with E-state index in [0.717, 1.165) is 22.4 Å². The molecule has 17 heavy (non-hydrogen) atoms. The highest BCUT2D eigenvalue weighted by Gasteiger charge is 2.44. The fourth-order valence-electron chi connectivity index (χ4n) is 1.71. The van der Waals surface area contributed by atoms with Crippen LogP contribution in [0.3, 0.4) is 0 Å². The largest absolute Gasteiger partial charge is 0.395 e. The summed E-state index contributed by atoms with van der Waals surface area (Å²) >= 11 is 0.966. The summed E-state index contributed by atoms with van der Waals surface area (Å²) in [6.07, 6.45) is -1.81. The number of hydrogen-bond acceptors (Lipinski definition) is 5. The Labute approximate surface area is 99.1 Å². The minimum absolute atomic E-state index is 0.374. The van der Waals surface area contributed by atoms with Gasteiger partial charge in [-0.2, -0.15) is 0 Å². The second kappa shape index (κ2) is 4.63. The number of thioether (sulfide) groups is 1. The van der Waals surface area contributed by atoms with E-state index in [4.69, 9.17) is 5.11 Å². The molecule has 0 amide bonds. The zero-order valence-electron chi connectivity index (χ0n) is 8.62. The fraction of sp³-hybridized carbons (Fsp3) is 0.556. The Kier molecular flexibility index (Phi) is 3.36. The summed E-state index contributed by atoms with van der Waals surface area (Å²) in [7, 11) is 0. The third-order valence-corrected chi connectivity index (χ3v) is 4.14. The van der Waals surface area contributed by atoms with Gasteiger partial charge in [-0.25, -0.2) is 9.18 Å². The molecule has 1 aliphatic heterocycles. The van der Waals surface area contributed by atoms with Gasteiger partial charge in [0.25, 0.3) is 5.56 Å². The van der Waals surface area contributed by atoms with Crippen molar-refractivity contribution in [3.63, 3.8) is 0 Å². The van der Waals surface area contributed by atoms with Crippen LogP contribution in [0.5, 0.6) is 0 Å². The maximum absolute atomic E-state index is 13.8. The summed E-state index contributed by atoms with van der Waals surface area (Å²) in [6, 6.07) is 1.10. The van der Waals surface area contributed by atoms with E-state index in [1.807, 2.05) is 4.98 Å². The molecule has 0 saturated carbocycles. The van der Waals surface area contributed by atoms with Crippen molar-refractivity contribution in [1.29, 1.82) is 0 Å². The standard InChI is InChI=1S/C9H11FN2O4S/c10-6-7(15)4(3-13)17-8(6)12-2-1-5(14)11-9(12)16/h1-2,4,6-8,13,15H,3H2,(H,11,14,16)/t4-,6+,7-,8-/m0/s1. The van der Waals surface area contributed by atoms with Crippen molar-refractivity contribution in [2.45, 2.75) is 22.9 Å². The molecule has 1 aromatic heterocycles. The van der Waals surface area contributed by atoms with Crippen LogP contribution in [0.15, 0.2) is 21.9 Å². The molecule has 2 heterocycles. The highest BCUT2D eigenvalue weighted by Crippen LogP contribution is 2.42. The van der Waals surface area contributed by atoms with Crippen molar-refractivity contribution >= 4 is 11.8 Å². The van der Waals surface area contributed by atoms with Crippen LogP contribution in [0.2, 0.25) is 0 Å². The number of alkyl halides is 1. The van der Waals surface area contributed by atoms with Gasteiger partial charge in [0, 0.05) is 12.3 Å². The molecule has 0 radical (unpaired) electrons. The van der Waals surface area contributed by atoms with E-state index < -0.39 is 34.1 Å². The second-order valence-electron chi connectivity index (χ2n) is 3.70. The number of aromatic amines is 1. The first-order valence-electron chi connectivity index (χ1n) is 4.94. The molecular formula is C9H11FN2O4S. The molecule has 0 aliphatic carbocycles. The Morgan fingerprint density at radius 1 is 1.53 bits per heavy atom. The molecule has 94 valence electrons. The van der Waals surface area contributed by atoms with Gasteiger partial charge >= 0.3 is 5.69 Å². The van der Waals surface area contributed by atoms with Crippen LogP contribution >= 0.6 is 11.8 Å². The first-order chi connectivity index (χ1) is 8.04. The Morgan fingerprint density at radius 2 is 2.24 bits per heavy atom. The van der Waals surface area contributed by atoms with Gasteiger partial charge in [0.1, 0.15) is 11.5 Å². The number of H-pyrrole nitrogens is 1. The number of nitrogens with zero attached hydrogens (tertiary/aromatic N) is 1. The van der Waals surface area contributed by atoms with Gasteiger partial charge in [-0.3, -0.25) is 14.3 Å². The predicted molar refractivity (Wildman–Crippen MR) is 59.7 cm³/mol. The minimum atomic E-state index is -1.67. The van der Waals surface area contributed by atoms with Crippen molar-refractivity contribution in [2.75, 3.05) is 6.61 Å². The normalized spacial score (nSPS) is 32.9. The summed E-state index contributed by atoms with van der Waals surface area (Å²) in [5.74, 6) is 0. The quantitative estimate of drug-likeness (QED) is 0.625. The van der Waals surface area contributed by atoms with E-state index in [2.05, 4.69) is 0 Å². The average molecular weight is 262 g/mol. The van der Waals surface area contributed by atoms with Crippen molar-refractivity contribution in [3.05, 3.63) is 33.1 Å². The Morgan fingerprint density at radius 3 is 2.76 bits per heavy atom. The van der Waals surface area contributed by atoms with Crippen molar-refractivity contribution < 1.29 is 14.6 Å². The second-order valence-corrected chi connectivity index (χ2v) is 5.06. The number of aliphatic hydroxyl groups excluding tert-OH is 2. The van der Waals surface area contributed by atoms with Gasteiger partial charge in [-0.05, 0) is 0 Å². The topological polar surface area (TPSA) is 95.3 Å². The van der Waals surface area contributed by atoms with Crippen molar-refractivity contribution in [1.82, 2.24) is 9.55 Å². The van der Waals surface area contributed by atoms with Gasteiger partial charge in [-0.15, -0.1) is 11.8 Å². The monoisotopic (exact) mass is 262 g/mol. The maximum Gasteiger partial charge on any atom is 0.329 e. The van der Waals surface area contributed by atoms with Gasteiger partial charge in [0.15, 0.2) is 6.17 Å². The number of halogens is 1. The molecule has 2 rings (SSSR count). The van der Waals surface area contributed by atoms with Crippen LogP contribution in [0, 0.1) is 0 Å². The van der Waals surface area contributed by atoms with Crippen LogP contribution in [0.25, 0.3) is 0 Å². The SMILES string of the molecule is O=c1ccn([C@H]2S[C@@H](CO)[C@H](O)[C@H]2F)c(=O)[nH]1. The average Bonchev–Trinajstić information content (AvgIpc) is 2.57. The first-order valence-corrected chi connectivity index (χ1v) is 5.89. The van der Waals surface area contributed by atoms with Gasteiger partial charge < -0.3 is 10.2 Å². The molecule has 0 spiro atoms. The van der Waals surface area contributed by atoms with E-state index in [0.29, 0.717) is 0 Å². The van der Waals surface area contributed by atoms with Gasteiger partial charge in [-0.1, -0.05) is 0 Å². The number of aliphatic hydroxyl groups is 2. The molecule has 1 aliphatic rings. The molecule has 8 heteroatoms. The lowest BCUT2D eigenvalue weighted by molar-refractivity contribution is 0.0631. The zero-order chi connectivity index (χ0) is 12.6. The smallest absolute Gasteiger partial charge is 0.329 e. The fourth-order valence-corrected chi connectivity index (χ4v) is 3.07. The summed E-state index contributed by atoms with van der Waals surface area (Å²) < 4.78 is 14.8. The van der Waals surface area contributed by atoms with E-state index in [-0.39, 0.29) is 6.61 Å². The lowest BCUT2D eigenvalue weighted by Crippen LogP contribution is -2.35. The molecule has 1 fully saturated rings. The number of hydrogen-bond donors (Lipinski definition) is 3. The molecule has 0 unspecified atom stereocenters. The summed E-state index contributed by atoms with van der Waals surface area (Å²) in [4.78, 5) is 24.3. The van der Waals surface area contributed by atoms with E-state index in [1.54, 1.807) is 0 Å². The summed E-state index contributed by atoms with van der Waals surface area (Å²) in [5, 5.41) is 16.8. The molecule has 3 N–H and O–H groups in total. The van der Waals surface area contributed by atoms with Crippen LogP contribution < -0.4 is 11.2 Å². The minimum Gasteiger partial charge on any atom is -0.395 e. The number of rotatable bonds is 2. The number of nitrogens with one attached hydrogen (secondary N) is 1. The lowest BCUT2D eigenvalue weighted by atomic mass is 10.1. The molecule has 6 nitrogen and oxygen atoms in total. The van der Waals surface area contributed by atoms with Crippen molar-refractivity contribution in [2.24, 2.45) is 0 Å². The Hall–Kier alpha value is -1.12. The molecule has 1 saturated heterocycles. The maximum atomic E-state index is 13.8. The molecule has 0 bridgehead atoms. The lowest BCUT2D eigenvalue weighted by Gasteiger charge is -2.15. The predicted octanol–water partition coefficient (Wildman–Crippen LogP) is -1.16. The Bertz CT molecular complexity index is 516. The van der Waals surface area contributed by atoms with Crippen LogP contribution in [-0.4, -0.2) is 43.9 Å². The van der Waals surface area contributed by atoms with E-state index >= 15 is 0 Å². The van der Waals surface area contributed by atoms with Crippen LogP contribution in [0.4, 0.5) is 4.39 Å². The number of aromatic nitrogens is 2. The van der Waals surface area contributed by atoms with Crippen LogP contribution in [-0.2, 0) is 0 Å².